The second-order valence-electron chi connectivity index (χ2n) is 7.51. The maximum Gasteiger partial charge on any atom is 0.416 e. The van der Waals surface area contributed by atoms with Gasteiger partial charge >= 0.3 is 6.18 Å². The Kier molecular flexibility index (Phi) is 5.08. The molecule has 4 rings (SSSR count). The Hall–Kier alpha value is -3.56. The third-order valence-electron chi connectivity index (χ3n) is 5.42. The van der Waals surface area contributed by atoms with Crippen LogP contribution >= 0.6 is 0 Å². The molecule has 1 N–H and O–H groups in total. The molecule has 1 fully saturated rings. The van der Waals surface area contributed by atoms with Gasteiger partial charge in [0, 0.05) is 43.1 Å². The SMILES string of the molecule is Cc1ccc2cc(C(=O)N3CCN(c4ccc(C(F)(F)F)cc4[N+](=O)[O-])CC3)[nH]c2c1. The number of alkyl halides is 3. The molecule has 0 unspecified atom stereocenters. The number of aryl methyl sites for hydroxylation is 1. The first-order valence-electron chi connectivity index (χ1n) is 9.63. The van der Waals surface area contributed by atoms with Crippen LogP contribution in [0.25, 0.3) is 10.9 Å². The molecule has 1 aliphatic heterocycles. The molecule has 2 aromatic carbocycles. The normalized spacial score (nSPS) is 14.8. The number of amides is 1. The Morgan fingerprint density at radius 1 is 1.06 bits per heavy atom. The summed E-state index contributed by atoms with van der Waals surface area (Å²) in [5.74, 6) is -0.185. The minimum atomic E-state index is -4.66. The van der Waals surface area contributed by atoms with Crippen LogP contribution in [0.1, 0.15) is 21.6 Å². The number of rotatable bonds is 3. The van der Waals surface area contributed by atoms with Gasteiger partial charge in [-0.25, -0.2) is 0 Å². The third kappa shape index (κ3) is 4.05. The largest absolute Gasteiger partial charge is 0.416 e. The number of nitro benzene ring substituents is 1. The molecule has 0 saturated carbocycles. The van der Waals surface area contributed by atoms with Crippen LogP contribution in [0.4, 0.5) is 24.5 Å². The molecule has 162 valence electrons. The van der Waals surface area contributed by atoms with Crippen LogP contribution < -0.4 is 4.90 Å². The topological polar surface area (TPSA) is 82.5 Å². The summed E-state index contributed by atoms with van der Waals surface area (Å²) in [5.41, 5.74) is 0.842. The van der Waals surface area contributed by atoms with E-state index in [-0.39, 0.29) is 24.7 Å². The van der Waals surface area contributed by atoms with Crippen LogP contribution in [0.5, 0.6) is 0 Å². The van der Waals surface area contributed by atoms with Crippen molar-refractivity contribution in [3.63, 3.8) is 0 Å². The van der Waals surface area contributed by atoms with Crippen LogP contribution in [-0.4, -0.2) is 46.9 Å². The van der Waals surface area contributed by atoms with Crippen molar-refractivity contribution in [2.75, 3.05) is 31.1 Å². The van der Waals surface area contributed by atoms with Crippen LogP contribution in [0.3, 0.4) is 0 Å². The summed E-state index contributed by atoms with van der Waals surface area (Å²) in [7, 11) is 0. The number of carbonyl (C=O) groups excluding carboxylic acids is 1. The average molecular weight is 432 g/mol. The van der Waals surface area contributed by atoms with Gasteiger partial charge in [-0.2, -0.15) is 13.2 Å². The van der Waals surface area contributed by atoms with E-state index in [0.29, 0.717) is 24.8 Å². The first kappa shape index (κ1) is 20.7. The van der Waals surface area contributed by atoms with Gasteiger partial charge in [-0.3, -0.25) is 14.9 Å². The highest BCUT2D eigenvalue weighted by Gasteiger charge is 2.34. The predicted octanol–water partition coefficient (Wildman–Crippen LogP) is 4.37. The minimum Gasteiger partial charge on any atom is -0.362 e. The van der Waals surface area contributed by atoms with E-state index in [1.165, 1.54) is 0 Å². The number of nitro groups is 1. The molecule has 0 bridgehead atoms. The van der Waals surface area contributed by atoms with Gasteiger partial charge in [-0.05, 0) is 36.8 Å². The number of aromatic nitrogens is 1. The lowest BCUT2D eigenvalue weighted by atomic mass is 10.1. The van der Waals surface area contributed by atoms with E-state index in [1.807, 2.05) is 25.1 Å². The van der Waals surface area contributed by atoms with E-state index in [1.54, 1.807) is 15.9 Å². The molecule has 0 spiro atoms. The molecule has 1 aromatic heterocycles. The minimum absolute atomic E-state index is 0.117. The number of nitrogens with one attached hydrogen (secondary N) is 1. The number of piperazine rings is 1. The van der Waals surface area contributed by atoms with Crippen LogP contribution in [-0.2, 0) is 6.18 Å². The predicted molar refractivity (Wildman–Crippen MR) is 109 cm³/mol. The number of H-pyrrole nitrogens is 1. The number of carbonyl (C=O) groups is 1. The molecule has 2 heterocycles. The van der Waals surface area contributed by atoms with E-state index in [4.69, 9.17) is 0 Å². The molecule has 10 heteroatoms. The fourth-order valence-electron chi connectivity index (χ4n) is 3.79. The van der Waals surface area contributed by atoms with E-state index in [9.17, 15) is 28.1 Å². The summed E-state index contributed by atoms with van der Waals surface area (Å²) in [5, 5.41) is 12.3. The number of hydrogen-bond acceptors (Lipinski definition) is 4. The first-order chi connectivity index (χ1) is 14.6. The van der Waals surface area contributed by atoms with E-state index in [2.05, 4.69) is 4.98 Å². The Bertz CT molecular complexity index is 1160. The number of benzene rings is 2. The summed E-state index contributed by atoms with van der Waals surface area (Å²) in [6.07, 6.45) is -4.66. The van der Waals surface area contributed by atoms with Gasteiger partial charge in [-0.1, -0.05) is 12.1 Å². The molecule has 1 saturated heterocycles. The Balaban J connectivity index is 1.50. The molecular weight excluding hydrogens is 413 g/mol. The summed E-state index contributed by atoms with van der Waals surface area (Å²) in [6, 6.07) is 10.1. The van der Waals surface area contributed by atoms with Gasteiger partial charge < -0.3 is 14.8 Å². The van der Waals surface area contributed by atoms with Crippen molar-refractivity contribution in [3.05, 3.63) is 69.4 Å². The zero-order valence-corrected chi connectivity index (χ0v) is 16.6. The van der Waals surface area contributed by atoms with Crippen molar-refractivity contribution in [3.8, 4) is 0 Å². The smallest absolute Gasteiger partial charge is 0.362 e. The van der Waals surface area contributed by atoms with Crippen molar-refractivity contribution in [2.24, 2.45) is 0 Å². The Morgan fingerprint density at radius 3 is 2.42 bits per heavy atom. The van der Waals surface area contributed by atoms with E-state index in [0.717, 1.165) is 28.6 Å². The lowest BCUT2D eigenvalue weighted by Crippen LogP contribution is -2.49. The highest BCUT2D eigenvalue weighted by Crippen LogP contribution is 2.36. The molecule has 31 heavy (non-hydrogen) atoms. The summed E-state index contributed by atoms with van der Waals surface area (Å²) in [4.78, 5) is 29.8. The lowest BCUT2D eigenvalue weighted by Gasteiger charge is -2.35. The third-order valence-corrected chi connectivity index (χ3v) is 5.42. The standard InChI is InChI=1S/C21H19F3N4O3/c1-13-2-3-14-11-17(25-16(14)10-13)20(29)27-8-6-26(7-9-27)18-5-4-15(21(22,23)24)12-19(18)28(30)31/h2-5,10-12,25H,6-9H2,1H3. The monoisotopic (exact) mass is 432 g/mol. The second kappa shape index (κ2) is 7.60. The maximum absolute atomic E-state index is 12.9. The lowest BCUT2D eigenvalue weighted by molar-refractivity contribution is -0.384. The maximum atomic E-state index is 12.9. The molecule has 0 radical (unpaired) electrons. The summed E-state index contributed by atoms with van der Waals surface area (Å²) >= 11 is 0. The number of anilines is 1. The number of aromatic amines is 1. The van der Waals surface area contributed by atoms with Crippen LogP contribution in [0, 0.1) is 17.0 Å². The second-order valence-corrected chi connectivity index (χ2v) is 7.51. The van der Waals surface area contributed by atoms with Gasteiger partial charge in [0.1, 0.15) is 11.4 Å². The molecule has 0 aliphatic carbocycles. The van der Waals surface area contributed by atoms with Crippen molar-refractivity contribution in [1.82, 2.24) is 9.88 Å². The van der Waals surface area contributed by atoms with Gasteiger partial charge in [0.2, 0.25) is 0 Å². The first-order valence-corrected chi connectivity index (χ1v) is 9.63. The molecule has 7 nitrogen and oxygen atoms in total. The fraction of sp³-hybridized carbons (Fsp3) is 0.286. The fourth-order valence-corrected chi connectivity index (χ4v) is 3.79. The van der Waals surface area contributed by atoms with Crippen molar-refractivity contribution >= 4 is 28.2 Å². The molecular formula is C21H19F3N4O3. The van der Waals surface area contributed by atoms with E-state index < -0.39 is 22.4 Å². The van der Waals surface area contributed by atoms with Gasteiger partial charge in [0.05, 0.1) is 10.5 Å². The zero-order chi connectivity index (χ0) is 22.3. The van der Waals surface area contributed by atoms with E-state index >= 15 is 0 Å². The van der Waals surface area contributed by atoms with Crippen LogP contribution in [0.15, 0.2) is 42.5 Å². The van der Waals surface area contributed by atoms with Crippen molar-refractivity contribution in [1.29, 1.82) is 0 Å². The molecule has 1 amide bonds. The quantitative estimate of drug-likeness (QED) is 0.492. The van der Waals surface area contributed by atoms with Gasteiger partial charge in [0.25, 0.3) is 11.6 Å². The Labute approximate surface area is 175 Å². The summed E-state index contributed by atoms with van der Waals surface area (Å²) < 4.78 is 38.8. The van der Waals surface area contributed by atoms with Crippen molar-refractivity contribution < 1.29 is 22.9 Å². The highest BCUT2D eigenvalue weighted by molar-refractivity contribution is 5.98. The number of hydrogen-bond donors (Lipinski definition) is 1. The summed E-state index contributed by atoms with van der Waals surface area (Å²) in [6.45, 7) is 3.10. The van der Waals surface area contributed by atoms with Gasteiger partial charge in [0.15, 0.2) is 0 Å². The number of nitrogens with zero attached hydrogens (tertiary/aromatic N) is 3. The molecule has 3 aromatic rings. The Morgan fingerprint density at radius 2 is 1.77 bits per heavy atom. The van der Waals surface area contributed by atoms with Crippen molar-refractivity contribution in [2.45, 2.75) is 13.1 Å². The van der Waals surface area contributed by atoms with Gasteiger partial charge in [-0.15, -0.1) is 0 Å². The average Bonchev–Trinajstić information content (AvgIpc) is 3.15. The molecule has 1 aliphatic rings. The highest BCUT2D eigenvalue weighted by atomic mass is 19.4. The number of fused-ring (bicyclic) bond motifs is 1. The zero-order valence-electron chi connectivity index (χ0n) is 16.6. The molecule has 0 atom stereocenters. The van der Waals surface area contributed by atoms with Crippen LogP contribution in [0.2, 0.25) is 0 Å². The number of halogens is 3.